The maximum Gasteiger partial charge on any atom is -0.0179 e. The van der Waals surface area contributed by atoms with E-state index in [1.54, 1.807) is 0 Å². The molecule has 2 aromatic carbocycles. The van der Waals surface area contributed by atoms with Crippen molar-refractivity contribution in [1.29, 1.82) is 0 Å². The molecule has 2 rings (SSSR count). The zero-order valence-corrected chi connectivity index (χ0v) is 12.4. The van der Waals surface area contributed by atoms with Crippen LogP contribution in [0.15, 0.2) is 30.3 Å². The van der Waals surface area contributed by atoms with Crippen LogP contribution in [0.25, 0.3) is 10.8 Å². The molecule has 0 aliphatic rings. The summed E-state index contributed by atoms with van der Waals surface area (Å²) >= 11 is 0. The van der Waals surface area contributed by atoms with Gasteiger partial charge in [-0.1, -0.05) is 63.6 Å². The first-order valence-corrected chi connectivity index (χ1v) is 6.64. The quantitative estimate of drug-likeness (QED) is 0.535. The predicted molar refractivity (Wildman–Crippen MR) is 80.9 cm³/mol. The molecule has 0 unspecified atom stereocenters. The summed E-state index contributed by atoms with van der Waals surface area (Å²) in [5.74, 6) is 0. The third-order valence-electron chi connectivity index (χ3n) is 2.61. The molecule has 0 spiro atoms. The van der Waals surface area contributed by atoms with E-state index in [2.05, 4.69) is 51.1 Å². The van der Waals surface area contributed by atoms with Crippen molar-refractivity contribution in [3.63, 3.8) is 0 Å². The Labute approximate surface area is 107 Å². The van der Waals surface area contributed by atoms with Gasteiger partial charge in [0.1, 0.15) is 0 Å². The second kappa shape index (κ2) is 7.89. The third kappa shape index (κ3) is 4.22. The van der Waals surface area contributed by atoms with Crippen LogP contribution in [0.4, 0.5) is 0 Å². The Morgan fingerprint density at radius 3 is 1.59 bits per heavy atom. The fraction of sp³-hybridized carbons (Fsp3) is 0.412. The van der Waals surface area contributed by atoms with Crippen molar-refractivity contribution >= 4 is 10.8 Å². The molecule has 0 saturated carbocycles. The second-order valence-electron chi connectivity index (χ2n) is 3.79. The molecule has 0 atom stereocenters. The summed E-state index contributed by atoms with van der Waals surface area (Å²) in [5, 5.41) is 2.69. The van der Waals surface area contributed by atoms with E-state index < -0.39 is 0 Å². The Kier molecular flexibility index (Phi) is 7.29. The highest BCUT2D eigenvalue weighted by molar-refractivity contribution is 5.84. The van der Waals surface area contributed by atoms with Gasteiger partial charge in [-0.15, -0.1) is 0 Å². The van der Waals surface area contributed by atoms with Gasteiger partial charge in [-0.2, -0.15) is 0 Å². The molecule has 0 heterocycles. The summed E-state index contributed by atoms with van der Waals surface area (Å²) in [5.41, 5.74) is 4.07. The average molecular weight is 230 g/mol. The lowest BCUT2D eigenvalue weighted by Crippen LogP contribution is -1.82. The average Bonchev–Trinajstić information content (AvgIpc) is 2.36. The molecule has 0 bridgehead atoms. The molecule has 0 radical (unpaired) electrons. The molecule has 94 valence electrons. The number of rotatable bonds is 0. The number of benzene rings is 2. The fourth-order valence-electron chi connectivity index (χ4n) is 1.64. The summed E-state index contributed by atoms with van der Waals surface area (Å²) in [6.45, 7) is 14.5. The summed E-state index contributed by atoms with van der Waals surface area (Å²) < 4.78 is 0. The smallest absolute Gasteiger partial charge is 0.0179 e. The van der Waals surface area contributed by atoms with Crippen molar-refractivity contribution in [3.05, 3.63) is 47.0 Å². The van der Waals surface area contributed by atoms with E-state index >= 15 is 0 Å². The first-order chi connectivity index (χ1) is 8.16. The molecule has 0 heteroatoms. The van der Waals surface area contributed by atoms with Gasteiger partial charge in [0, 0.05) is 0 Å². The van der Waals surface area contributed by atoms with E-state index in [1.807, 2.05) is 27.7 Å². The molecule has 0 saturated heterocycles. The molecule has 2 aromatic rings. The lowest BCUT2D eigenvalue weighted by molar-refractivity contribution is 1.36. The predicted octanol–water partition coefficient (Wildman–Crippen LogP) is 5.82. The van der Waals surface area contributed by atoms with Crippen molar-refractivity contribution in [2.45, 2.75) is 48.5 Å². The van der Waals surface area contributed by atoms with Gasteiger partial charge in [0.05, 0.1) is 0 Å². The van der Waals surface area contributed by atoms with Crippen molar-refractivity contribution in [2.24, 2.45) is 0 Å². The molecular formula is C17H26. The van der Waals surface area contributed by atoms with Gasteiger partial charge >= 0.3 is 0 Å². The lowest BCUT2D eigenvalue weighted by atomic mass is 10.0. The highest BCUT2D eigenvalue weighted by Gasteiger charge is 1.97. The number of fused-ring (bicyclic) bond motifs is 1. The van der Waals surface area contributed by atoms with Crippen molar-refractivity contribution in [2.75, 3.05) is 0 Å². The monoisotopic (exact) mass is 230 g/mol. The molecule has 0 amide bonds. The van der Waals surface area contributed by atoms with Crippen LogP contribution in [0, 0.1) is 20.8 Å². The normalized spacial score (nSPS) is 8.88. The van der Waals surface area contributed by atoms with Crippen LogP contribution >= 0.6 is 0 Å². The van der Waals surface area contributed by atoms with E-state index in [-0.39, 0.29) is 0 Å². The SMILES string of the molecule is CC.CC.Cc1ccc2cc(C)c(C)cc2c1. The van der Waals surface area contributed by atoms with Crippen molar-refractivity contribution in [3.8, 4) is 0 Å². The maximum atomic E-state index is 2.26. The van der Waals surface area contributed by atoms with Gasteiger partial charge in [0.25, 0.3) is 0 Å². The first kappa shape index (κ1) is 15.7. The zero-order valence-electron chi connectivity index (χ0n) is 12.4. The van der Waals surface area contributed by atoms with E-state index in [9.17, 15) is 0 Å². The summed E-state index contributed by atoms with van der Waals surface area (Å²) in [6.07, 6.45) is 0. The van der Waals surface area contributed by atoms with Gasteiger partial charge in [-0.25, -0.2) is 0 Å². The van der Waals surface area contributed by atoms with Crippen LogP contribution in [0.2, 0.25) is 0 Å². The van der Waals surface area contributed by atoms with Gasteiger partial charge in [0.15, 0.2) is 0 Å². The minimum Gasteiger partial charge on any atom is -0.0683 e. The topological polar surface area (TPSA) is 0 Å². The molecule has 0 aliphatic heterocycles. The lowest BCUT2D eigenvalue weighted by Gasteiger charge is -2.04. The third-order valence-corrected chi connectivity index (χ3v) is 2.61. The highest BCUT2D eigenvalue weighted by atomic mass is 14.0. The van der Waals surface area contributed by atoms with E-state index in [4.69, 9.17) is 0 Å². The Morgan fingerprint density at radius 2 is 1.06 bits per heavy atom. The number of hydrogen-bond donors (Lipinski definition) is 0. The van der Waals surface area contributed by atoms with Gasteiger partial charge < -0.3 is 0 Å². The summed E-state index contributed by atoms with van der Waals surface area (Å²) in [7, 11) is 0. The highest BCUT2D eigenvalue weighted by Crippen LogP contribution is 2.20. The summed E-state index contributed by atoms with van der Waals surface area (Å²) in [4.78, 5) is 0. The van der Waals surface area contributed by atoms with Gasteiger partial charge in [-0.3, -0.25) is 0 Å². The molecule has 17 heavy (non-hydrogen) atoms. The minimum absolute atomic E-state index is 1.33. The Bertz CT molecular complexity index is 453. The molecule has 0 aliphatic carbocycles. The Balaban J connectivity index is 0.000000581. The zero-order chi connectivity index (χ0) is 13.4. The van der Waals surface area contributed by atoms with E-state index in [0.29, 0.717) is 0 Å². The molecule has 0 N–H and O–H groups in total. The first-order valence-electron chi connectivity index (χ1n) is 6.64. The van der Waals surface area contributed by atoms with Crippen molar-refractivity contribution in [1.82, 2.24) is 0 Å². The number of hydrogen-bond acceptors (Lipinski definition) is 0. The van der Waals surface area contributed by atoms with E-state index in [0.717, 1.165) is 0 Å². The standard InChI is InChI=1S/C13H14.2C2H6/c1-9-4-5-12-7-10(2)11(3)8-13(12)6-9;2*1-2/h4-8H,1-3H3;2*1-2H3. The van der Waals surface area contributed by atoms with Crippen LogP contribution in [0.1, 0.15) is 44.4 Å². The Hall–Kier alpha value is -1.30. The minimum atomic E-state index is 1.33. The Morgan fingerprint density at radius 1 is 0.588 bits per heavy atom. The van der Waals surface area contributed by atoms with Crippen LogP contribution in [0.5, 0.6) is 0 Å². The molecule has 0 aromatic heterocycles. The summed E-state index contributed by atoms with van der Waals surface area (Å²) in [6, 6.07) is 11.1. The molecular weight excluding hydrogens is 204 g/mol. The number of aryl methyl sites for hydroxylation is 3. The maximum absolute atomic E-state index is 2.26. The van der Waals surface area contributed by atoms with Gasteiger partial charge in [-0.05, 0) is 42.7 Å². The van der Waals surface area contributed by atoms with Gasteiger partial charge in [0.2, 0.25) is 0 Å². The molecule has 0 nitrogen and oxygen atoms in total. The van der Waals surface area contributed by atoms with Crippen LogP contribution < -0.4 is 0 Å². The fourth-order valence-corrected chi connectivity index (χ4v) is 1.64. The van der Waals surface area contributed by atoms with Crippen LogP contribution in [0.3, 0.4) is 0 Å². The molecule has 0 fully saturated rings. The largest absolute Gasteiger partial charge is 0.0683 e. The van der Waals surface area contributed by atoms with Crippen LogP contribution in [-0.4, -0.2) is 0 Å². The van der Waals surface area contributed by atoms with E-state index in [1.165, 1.54) is 27.5 Å². The van der Waals surface area contributed by atoms with Crippen molar-refractivity contribution < 1.29 is 0 Å². The van der Waals surface area contributed by atoms with Crippen LogP contribution in [-0.2, 0) is 0 Å². The second-order valence-corrected chi connectivity index (χ2v) is 3.79.